The van der Waals surface area contributed by atoms with E-state index in [4.69, 9.17) is 0 Å². The molecule has 0 unspecified atom stereocenters. The third-order valence-electron chi connectivity index (χ3n) is 3.14. The average Bonchev–Trinajstić information content (AvgIpc) is 2.36. The molecule has 0 aliphatic heterocycles. The first-order valence-corrected chi connectivity index (χ1v) is 5.57. The van der Waals surface area contributed by atoms with Crippen LogP contribution in [0.25, 0.3) is 0 Å². The summed E-state index contributed by atoms with van der Waals surface area (Å²) >= 11 is 0. The molecular formula is C15H9FO2. The number of halogens is 1. The molecule has 0 atom stereocenters. The molecule has 3 heteroatoms. The van der Waals surface area contributed by atoms with Gasteiger partial charge in [-0.1, -0.05) is 17.7 Å². The van der Waals surface area contributed by atoms with Crippen molar-refractivity contribution in [1.29, 1.82) is 0 Å². The first-order valence-electron chi connectivity index (χ1n) is 5.57. The maximum atomic E-state index is 13.2. The second-order valence-corrected chi connectivity index (χ2v) is 4.40. The SMILES string of the molecule is Cc1ccc2c(c1)C(=O)c1ccc(F)cc1C2=O. The summed E-state index contributed by atoms with van der Waals surface area (Å²) in [6.07, 6.45) is 0. The Hall–Kier alpha value is -2.29. The summed E-state index contributed by atoms with van der Waals surface area (Å²) < 4.78 is 13.2. The van der Waals surface area contributed by atoms with Gasteiger partial charge in [0.1, 0.15) is 5.82 Å². The summed E-state index contributed by atoms with van der Waals surface area (Å²) in [5.74, 6) is -1.02. The van der Waals surface area contributed by atoms with E-state index in [-0.39, 0.29) is 22.7 Å². The Bertz CT molecular complexity index is 640. The van der Waals surface area contributed by atoms with Gasteiger partial charge in [0.25, 0.3) is 0 Å². The molecule has 1 aliphatic rings. The van der Waals surface area contributed by atoms with Crippen LogP contribution in [0.5, 0.6) is 0 Å². The van der Waals surface area contributed by atoms with Crippen LogP contribution in [0.1, 0.15) is 37.4 Å². The number of ketones is 2. The van der Waals surface area contributed by atoms with Gasteiger partial charge in [-0.25, -0.2) is 4.39 Å². The highest BCUT2D eigenvalue weighted by Crippen LogP contribution is 2.28. The largest absolute Gasteiger partial charge is 0.289 e. The van der Waals surface area contributed by atoms with Crippen LogP contribution in [-0.4, -0.2) is 11.6 Å². The minimum Gasteiger partial charge on any atom is -0.289 e. The molecule has 2 aromatic carbocycles. The summed E-state index contributed by atoms with van der Waals surface area (Å²) in [6, 6.07) is 8.79. The maximum absolute atomic E-state index is 13.2. The topological polar surface area (TPSA) is 34.1 Å². The number of carbonyl (C=O) groups is 2. The molecular weight excluding hydrogens is 231 g/mol. The van der Waals surface area contributed by atoms with Gasteiger partial charge >= 0.3 is 0 Å². The lowest BCUT2D eigenvalue weighted by Crippen LogP contribution is -2.21. The summed E-state index contributed by atoms with van der Waals surface area (Å²) in [7, 11) is 0. The van der Waals surface area contributed by atoms with Crippen molar-refractivity contribution in [3.63, 3.8) is 0 Å². The average molecular weight is 240 g/mol. The second-order valence-electron chi connectivity index (χ2n) is 4.40. The number of aryl methyl sites for hydroxylation is 1. The predicted molar refractivity (Wildman–Crippen MR) is 64.4 cm³/mol. The van der Waals surface area contributed by atoms with E-state index < -0.39 is 5.82 Å². The highest BCUT2D eigenvalue weighted by Gasteiger charge is 2.29. The van der Waals surface area contributed by atoms with Crippen LogP contribution in [0.3, 0.4) is 0 Å². The first kappa shape index (κ1) is 10.8. The summed E-state index contributed by atoms with van der Waals surface area (Å²) in [4.78, 5) is 24.4. The Kier molecular flexibility index (Phi) is 2.17. The molecule has 0 spiro atoms. The Morgan fingerprint density at radius 2 is 1.33 bits per heavy atom. The highest BCUT2D eigenvalue weighted by molar-refractivity contribution is 6.28. The van der Waals surface area contributed by atoms with Gasteiger partial charge in [0.2, 0.25) is 0 Å². The molecule has 2 aromatic rings. The number of hydrogen-bond acceptors (Lipinski definition) is 2. The molecule has 3 rings (SSSR count). The predicted octanol–water partition coefficient (Wildman–Crippen LogP) is 2.91. The molecule has 0 amide bonds. The first-order chi connectivity index (χ1) is 8.58. The van der Waals surface area contributed by atoms with Crippen LogP contribution in [0, 0.1) is 12.7 Å². The summed E-state index contributed by atoms with van der Waals surface area (Å²) in [6.45, 7) is 1.86. The molecule has 1 aliphatic carbocycles. The van der Waals surface area contributed by atoms with Crippen molar-refractivity contribution in [2.75, 3.05) is 0 Å². The van der Waals surface area contributed by atoms with E-state index in [1.54, 1.807) is 18.2 Å². The number of fused-ring (bicyclic) bond motifs is 2. The van der Waals surface area contributed by atoms with Crippen molar-refractivity contribution < 1.29 is 14.0 Å². The fourth-order valence-electron chi connectivity index (χ4n) is 2.24. The van der Waals surface area contributed by atoms with Crippen molar-refractivity contribution in [3.05, 3.63) is 70.0 Å². The van der Waals surface area contributed by atoms with Crippen LogP contribution >= 0.6 is 0 Å². The standard InChI is InChI=1S/C15H9FO2/c1-8-2-4-10-12(6-8)14(17)11-5-3-9(16)7-13(11)15(10)18/h2-7H,1H3. The van der Waals surface area contributed by atoms with Gasteiger partial charge in [0.15, 0.2) is 11.6 Å². The van der Waals surface area contributed by atoms with E-state index >= 15 is 0 Å². The smallest absolute Gasteiger partial charge is 0.194 e. The Morgan fingerprint density at radius 3 is 2.00 bits per heavy atom. The number of benzene rings is 2. The zero-order chi connectivity index (χ0) is 12.9. The van der Waals surface area contributed by atoms with E-state index in [1.165, 1.54) is 12.1 Å². The Balaban J connectivity index is 2.31. The third-order valence-corrected chi connectivity index (χ3v) is 3.14. The Morgan fingerprint density at radius 1 is 0.778 bits per heavy atom. The molecule has 0 bridgehead atoms. The third kappa shape index (κ3) is 1.40. The van der Waals surface area contributed by atoms with Crippen molar-refractivity contribution in [1.82, 2.24) is 0 Å². The molecule has 0 radical (unpaired) electrons. The van der Waals surface area contributed by atoms with Crippen LogP contribution in [-0.2, 0) is 0 Å². The lowest BCUT2D eigenvalue weighted by atomic mass is 9.83. The van der Waals surface area contributed by atoms with Gasteiger partial charge in [0, 0.05) is 22.3 Å². The minimum absolute atomic E-state index is 0.149. The molecule has 0 heterocycles. The van der Waals surface area contributed by atoms with Gasteiger partial charge in [-0.05, 0) is 31.2 Å². The van der Waals surface area contributed by atoms with Crippen LogP contribution in [0.2, 0.25) is 0 Å². The number of carbonyl (C=O) groups excluding carboxylic acids is 2. The number of hydrogen-bond donors (Lipinski definition) is 0. The van der Waals surface area contributed by atoms with Crippen LogP contribution in [0.15, 0.2) is 36.4 Å². The van der Waals surface area contributed by atoms with Gasteiger partial charge in [0.05, 0.1) is 0 Å². The van der Waals surface area contributed by atoms with Crippen LogP contribution in [0.4, 0.5) is 4.39 Å². The molecule has 2 nitrogen and oxygen atoms in total. The quantitative estimate of drug-likeness (QED) is 0.605. The fraction of sp³-hybridized carbons (Fsp3) is 0.0667. The molecule has 0 fully saturated rings. The highest BCUT2D eigenvalue weighted by atomic mass is 19.1. The summed E-state index contributed by atoms with van der Waals surface area (Å²) in [5, 5.41) is 0. The summed E-state index contributed by atoms with van der Waals surface area (Å²) in [5.41, 5.74) is 2.10. The lowest BCUT2D eigenvalue weighted by Gasteiger charge is -2.17. The minimum atomic E-state index is -0.509. The van der Waals surface area contributed by atoms with Crippen molar-refractivity contribution in [2.45, 2.75) is 6.92 Å². The van der Waals surface area contributed by atoms with Crippen LogP contribution < -0.4 is 0 Å². The molecule has 0 saturated carbocycles. The van der Waals surface area contributed by atoms with E-state index in [0.717, 1.165) is 11.6 Å². The molecule has 18 heavy (non-hydrogen) atoms. The maximum Gasteiger partial charge on any atom is 0.194 e. The molecule has 0 saturated heterocycles. The van der Waals surface area contributed by atoms with Gasteiger partial charge in [-0.3, -0.25) is 9.59 Å². The van der Waals surface area contributed by atoms with Gasteiger partial charge < -0.3 is 0 Å². The Labute approximate surface area is 103 Å². The normalized spacial score (nSPS) is 13.2. The molecule has 88 valence electrons. The van der Waals surface area contributed by atoms with Gasteiger partial charge in [-0.2, -0.15) is 0 Å². The van der Waals surface area contributed by atoms with Crippen molar-refractivity contribution >= 4 is 11.6 Å². The monoisotopic (exact) mass is 240 g/mol. The zero-order valence-electron chi connectivity index (χ0n) is 9.66. The fourth-order valence-corrected chi connectivity index (χ4v) is 2.24. The lowest BCUT2D eigenvalue weighted by molar-refractivity contribution is 0.0978. The van der Waals surface area contributed by atoms with Crippen molar-refractivity contribution in [2.24, 2.45) is 0 Å². The van der Waals surface area contributed by atoms with Gasteiger partial charge in [-0.15, -0.1) is 0 Å². The van der Waals surface area contributed by atoms with E-state index in [2.05, 4.69) is 0 Å². The van der Waals surface area contributed by atoms with E-state index in [9.17, 15) is 14.0 Å². The second kappa shape index (κ2) is 3.60. The van der Waals surface area contributed by atoms with E-state index in [1.807, 2.05) is 6.92 Å². The zero-order valence-corrected chi connectivity index (χ0v) is 9.66. The van der Waals surface area contributed by atoms with E-state index in [0.29, 0.717) is 11.1 Å². The van der Waals surface area contributed by atoms with Crippen molar-refractivity contribution in [3.8, 4) is 0 Å². The molecule has 0 N–H and O–H groups in total. The molecule has 0 aromatic heterocycles. The number of rotatable bonds is 0.